The van der Waals surface area contributed by atoms with Crippen molar-refractivity contribution in [3.05, 3.63) is 23.9 Å². The van der Waals surface area contributed by atoms with Gasteiger partial charge in [0.1, 0.15) is 0 Å². The average molecular weight is 233 g/mol. The quantitative estimate of drug-likeness (QED) is 0.724. The summed E-state index contributed by atoms with van der Waals surface area (Å²) in [4.78, 5) is 3.60. The Bertz CT molecular complexity index is 308. The number of pyridine rings is 1. The highest BCUT2D eigenvalue weighted by molar-refractivity contribution is 5.19. The number of rotatable bonds is 5. The van der Waals surface area contributed by atoms with Crippen LogP contribution in [0.4, 0.5) is 13.2 Å². The Morgan fingerprint density at radius 3 is 2.50 bits per heavy atom. The van der Waals surface area contributed by atoms with Crippen LogP contribution in [0.3, 0.4) is 0 Å². The average Bonchev–Trinajstić information content (AvgIpc) is 2.24. The molecule has 0 spiro atoms. The summed E-state index contributed by atoms with van der Waals surface area (Å²) in [6.07, 6.45) is -0.549. The van der Waals surface area contributed by atoms with Crippen molar-refractivity contribution in [2.45, 2.75) is 32.4 Å². The molecule has 0 amide bonds. The van der Waals surface area contributed by atoms with Crippen molar-refractivity contribution < 1.29 is 17.9 Å². The SMILES string of the molecule is CCCCCOc1ccc(C(F)(F)F)cn1. The number of halogens is 3. The van der Waals surface area contributed by atoms with E-state index in [9.17, 15) is 13.2 Å². The molecule has 1 aromatic rings. The zero-order valence-electron chi connectivity index (χ0n) is 9.05. The topological polar surface area (TPSA) is 22.1 Å². The van der Waals surface area contributed by atoms with Gasteiger partial charge in [-0.15, -0.1) is 0 Å². The minimum absolute atomic E-state index is 0.240. The third-order valence-electron chi connectivity index (χ3n) is 2.06. The summed E-state index contributed by atoms with van der Waals surface area (Å²) in [6, 6.07) is 2.22. The summed E-state index contributed by atoms with van der Waals surface area (Å²) >= 11 is 0. The maximum atomic E-state index is 12.2. The first-order valence-corrected chi connectivity index (χ1v) is 5.20. The number of nitrogens with zero attached hydrogens (tertiary/aromatic N) is 1. The molecule has 0 aliphatic carbocycles. The van der Waals surface area contributed by atoms with Gasteiger partial charge < -0.3 is 4.74 Å². The Kier molecular flexibility index (Phi) is 4.58. The largest absolute Gasteiger partial charge is 0.478 e. The lowest BCUT2D eigenvalue weighted by molar-refractivity contribution is -0.137. The molecule has 16 heavy (non-hydrogen) atoms. The van der Waals surface area contributed by atoms with Crippen molar-refractivity contribution in [1.82, 2.24) is 4.98 Å². The molecule has 1 aromatic heterocycles. The van der Waals surface area contributed by atoms with Gasteiger partial charge in [0.25, 0.3) is 0 Å². The second kappa shape index (κ2) is 5.72. The number of aromatic nitrogens is 1. The van der Waals surface area contributed by atoms with Crippen LogP contribution >= 0.6 is 0 Å². The highest BCUT2D eigenvalue weighted by Crippen LogP contribution is 2.29. The predicted molar refractivity (Wildman–Crippen MR) is 54.3 cm³/mol. The number of hydrogen-bond donors (Lipinski definition) is 0. The van der Waals surface area contributed by atoms with Gasteiger partial charge >= 0.3 is 6.18 Å². The van der Waals surface area contributed by atoms with E-state index >= 15 is 0 Å². The Morgan fingerprint density at radius 1 is 1.25 bits per heavy atom. The molecular formula is C11H14F3NO. The van der Waals surface area contributed by atoms with Gasteiger partial charge in [0.15, 0.2) is 0 Å². The zero-order valence-corrected chi connectivity index (χ0v) is 9.05. The van der Waals surface area contributed by atoms with E-state index in [4.69, 9.17) is 4.74 Å². The smallest absolute Gasteiger partial charge is 0.417 e. The summed E-state index contributed by atoms with van der Waals surface area (Å²) in [5, 5.41) is 0. The zero-order chi connectivity index (χ0) is 12.0. The summed E-state index contributed by atoms with van der Waals surface area (Å²) in [6.45, 7) is 2.56. The number of hydrogen-bond acceptors (Lipinski definition) is 2. The molecule has 0 atom stereocenters. The van der Waals surface area contributed by atoms with Gasteiger partial charge in [-0.2, -0.15) is 13.2 Å². The van der Waals surface area contributed by atoms with Crippen molar-refractivity contribution in [1.29, 1.82) is 0 Å². The Balaban J connectivity index is 2.46. The van der Waals surface area contributed by atoms with Crippen molar-refractivity contribution in [2.75, 3.05) is 6.61 Å². The minimum atomic E-state index is -4.34. The fourth-order valence-electron chi connectivity index (χ4n) is 1.16. The summed E-state index contributed by atoms with van der Waals surface area (Å²) in [5.41, 5.74) is -0.756. The second-order valence-electron chi connectivity index (χ2n) is 3.44. The van der Waals surface area contributed by atoms with E-state index in [1.807, 2.05) is 0 Å². The molecule has 2 nitrogen and oxygen atoms in total. The van der Waals surface area contributed by atoms with Gasteiger partial charge in [-0.05, 0) is 12.5 Å². The molecule has 0 aliphatic rings. The molecule has 0 fully saturated rings. The maximum Gasteiger partial charge on any atom is 0.417 e. The molecule has 1 rings (SSSR count). The fourth-order valence-corrected chi connectivity index (χ4v) is 1.16. The molecule has 90 valence electrons. The molecule has 0 aromatic carbocycles. The lowest BCUT2D eigenvalue weighted by Gasteiger charge is -2.07. The van der Waals surface area contributed by atoms with Crippen LogP contribution in [0.15, 0.2) is 18.3 Å². The molecule has 0 aliphatic heterocycles. The second-order valence-corrected chi connectivity index (χ2v) is 3.44. The van der Waals surface area contributed by atoms with Gasteiger partial charge in [0, 0.05) is 12.3 Å². The van der Waals surface area contributed by atoms with E-state index in [2.05, 4.69) is 11.9 Å². The molecule has 0 N–H and O–H groups in total. The molecule has 0 bridgehead atoms. The van der Waals surface area contributed by atoms with Crippen molar-refractivity contribution in [3.63, 3.8) is 0 Å². The third kappa shape index (κ3) is 4.08. The molecule has 0 unspecified atom stereocenters. The lowest BCUT2D eigenvalue weighted by atomic mass is 10.3. The van der Waals surface area contributed by atoms with Gasteiger partial charge in [-0.25, -0.2) is 4.98 Å². The highest BCUT2D eigenvalue weighted by atomic mass is 19.4. The first-order valence-electron chi connectivity index (χ1n) is 5.20. The molecular weight excluding hydrogens is 219 g/mol. The number of unbranched alkanes of at least 4 members (excludes halogenated alkanes) is 2. The first kappa shape index (κ1) is 12.8. The van der Waals surface area contributed by atoms with Crippen LogP contribution in [0.1, 0.15) is 31.7 Å². The molecule has 0 saturated carbocycles. The van der Waals surface area contributed by atoms with Gasteiger partial charge in [0.05, 0.1) is 12.2 Å². The van der Waals surface area contributed by atoms with Crippen LogP contribution < -0.4 is 4.74 Å². The van der Waals surface area contributed by atoms with Crippen LogP contribution in [0.25, 0.3) is 0 Å². The third-order valence-corrected chi connectivity index (χ3v) is 2.06. The lowest BCUT2D eigenvalue weighted by Crippen LogP contribution is -2.06. The Morgan fingerprint density at radius 2 is 2.00 bits per heavy atom. The fraction of sp³-hybridized carbons (Fsp3) is 0.545. The van der Waals surface area contributed by atoms with E-state index in [1.165, 1.54) is 6.07 Å². The normalized spacial score (nSPS) is 11.5. The van der Waals surface area contributed by atoms with E-state index in [-0.39, 0.29) is 5.88 Å². The minimum Gasteiger partial charge on any atom is -0.478 e. The number of alkyl halides is 3. The van der Waals surface area contributed by atoms with Gasteiger partial charge in [-0.1, -0.05) is 19.8 Å². The van der Waals surface area contributed by atoms with Crippen molar-refractivity contribution in [2.24, 2.45) is 0 Å². The molecule has 0 saturated heterocycles. The summed E-state index contributed by atoms with van der Waals surface area (Å²) in [5.74, 6) is 0.240. The molecule has 0 radical (unpaired) electrons. The Labute approximate surface area is 92.5 Å². The predicted octanol–water partition coefficient (Wildman–Crippen LogP) is 3.67. The van der Waals surface area contributed by atoms with E-state index < -0.39 is 11.7 Å². The first-order chi connectivity index (χ1) is 7.54. The van der Waals surface area contributed by atoms with E-state index in [0.717, 1.165) is 31.5 Å². The highest BCUT2D eigenvalue weighted by Gasteiger charge is 2.30. The molecule has 1 heterocycles. The van der Waals surface area contributed by atoms with Gasteiger partial charge in [-0.3, -0.25) is 0 Å². The van der Waals surface area contributed by atoms with E-state index in [1.54, 1.807) is 0 Å². The van der Waals surface area contributed by atoms with Crippen LogP contribution in [0.5, 0.6) is 5.88 Å². The maximum absolute atomic E-state index is 12.2. The monoisotopic (exact) mass is 233 g/mol. The van der Waals surface area contributed by atoms with Crippen LogP contribution in [0, 0.1) is 0 Å². The summed E-state index contributed by atoms with van der Waals surface area (Å²) < 4.78 is 41.8. The standard InChI is InChI=1S/C11H14F3NO/c1-2-3-4-7-16-10-6-5-9(8-15-10)11(12,13)14/h5-6,8H,2-4,7H2,1H3. The van der Waals surface area contributed by atoms with Crippen LogP contribution in [-0.2, 0) is 6.18 Å². The molecule has 5 heteroatoms. The van der Waals surface area contributed by atoms with Crippen LogP contribution in [-0.4, -0.2) is 11.6 Å². The van der Waals surface area contributed by atoms with Gasteiger partial charge in [0.2, 0.25) is 5.88 Å². The van der Waals surface area contributed by atoms with Crippen molar-refractivity contribution in [3.8, 4) is 5.88 Å². The van der Waals surface area contributed by atoms with Crippen molar-refractivity contribution >= 4 is 0 Å². The van der Waals surface area contributed by atoms with Crippen LogP contribution in [0.2, 0.25) is 0 Å². The Hall–Kier alpha value is -1.26. The summed E-state index contributed by atoms with van der Waals surface area (Å²) in [7, 11) is 0. The van der Waals surface area contributed by atoms with E-state index in [0.29, 0.717) is 6.61 Å². The number of ether oxygens (including phenoxy) is 1.